The Labute approximate surface area is 186 Å². The van der Waals surface area contributed by atoms with Gasteiger partial charge in [0.15, 0.2) is 11.5 Å². The SMILES string of the molecule is COc1ccc(CCNC(=O)c2cc(-c3ccc(C)cc3)c3ccsc3c2)cc1OC. The van der Waals surface area contributed by atoms with Gasteiger partial charge in [-0.25, -0.2) is 0 Å². The fraction of sp³-hybridized carbons (Fsp3) is 0.192. The predicted molar refractivity (Wildman–Crippen MR) is 128 cm³/mol. The fourth-order valence-corrected chi connectivity index (χ4v) is 4.48. The van der Waals surface area contributed by atoms with Gasteiger partial charge in [-0.1, -0.05) is 35.9 Å². The van der Waals surface area contributed by atoms with Crippen LogP contribution in [0.3, 0.4) is 0 Å². The molecular formula is C26H25NO3S. The maximum absolute atomic E-state index is 12.9. The number of benzene rings is 3. The molecule has 1 aromatic heterocycles. The van der Waals surface area contributed by atoms with Crippen molar-refractivity contribution in [2.45, 2.75) is 13.3 Å². The number of hydrogen-bond acceptors (Lipinski definition) is 4. The second-order valence-electron chi connectivity index (χ2n) is 7.42. The molecule has 0 saturated heterocycles. The van der Waals surface area contributed by atoms with Crippen LogP contribution in [0.2, 0.25) is 0 Å². The standard InChI is InChI=1S/C26H25NO3S/c1-17-4-7-19(8-5-17)22-15-20(16-25-21(22)11-13-31-25)26(28)27-12-10-18-6-9-23(29-2)24(14-18)30-3/h4-9,11,13-16H,10,12H2,1-3H3,(H,27,28). The van der Waals surface area contributed by atoms with Crippen molar-refractivity contribution in [3.8, 4) is 22.6 Å². The molecule has 0 fully saturated rings. The highest BCUT2D eigenvalue weighted by Gasteiger charge is 2.13. The molecule has 0 bridgehead atoms. The molecule has 5 heteroatoms. The van der Waals surface area contributed by atoms with Crippen LogP contribution in [0.15, 0.2) is 66.0 Å². The molecular weight excluding hydrogens is 406 g/mol. The predicted octanol–water partition coefficient (Wildman–Crippen LogP) is 5.87. The summed E-state index contributed by atoms with van der Waals surface area (Å²) < 4.78 is 11.8. The molecule has 0 spiro atoms. The average molecular weight is 432 g/mol. The number of carbonyl (C=O) groups excluding carboxylic acids is 1. The molecule has 1 N–H and O–H groups in total. The second-order valence-corrected chi connectivity index (χ2v) is 8.37. The van der Waals surface area contributed by atoms with Crippen LogP contribution in [0.25, 0.3) is 21.2 Å². The summed E-state index contributed by atoms with van der Waals surface area (Å²) in [5.41, 5.74) is 5.18. The molecule has 0 aliphatic rings. The molecule has 158 valence electrons. The Hall–Kier alpha value is -3.31. The van der Waals surface area contributed by atoms with Crippen LogP contribution in [-0.2, 0) is 6.42 Å². The molecule has 4 aromatic rings. The van der Waals surface area contributed by atoms with Gasteiger partial charge in [0, 0.05) is 22.2 Å². The third-order valence-corrected chi connectivity index (χ3v) is 6.21. The summed E-state index contributed by atoms with van der Waals surface area (Å²) in [5.74, 6) is 1.32. The Morgan fingerprint density at radius 3 is 2.45 bits per heavy atom. The lowest BCUT2D eigenvalue weighted by molar-refractivity contribution is 0.0954. The van der Waals surface area contributed by atoms with Crippen LogP contribution in [0.1, 0.15) is 21.5 Å². The number of carbonyl (C=O) groups is 1. The van der Waals surface area contributed by atoms with Crippen molar-refractivity contribution >= 4 is 27.3 Å². The maximum atomic E-state index is 12.9. The summed E-state index contributed by atoms with van der Waals surface area (Å²) in [7, 11) is 3.24. The van der Waals surface area contributed by atoms with Crippen LogP contribution < -0.4 is 14.8 Å². The van der Waals surface area contributed by atoms with Crippen molar-refractivity contribution in [3.05, 3.63) is 82.7 Å². The average Bonchev–Trinajstić information content (AvgIpc) is 3.27. The minimum absolute atomic E-state index is 0.0656. The monoisotopic (exact) mass is 431 g/mol. The lowest BCUT2D eigenvalue weighted by Crippen LogP contribution is -2.25. The summed E-state index contributed by atoms with van der Waals surface area (Å²) in [6.07, 6.45) is 0.707. The smallest absolute Gasteiger partial charge is 0.251 e. The molecule has 0 radical (unpaired) electrons. The van der Waals surface area contributed by atoms with Gasteiger partial charge in [-0.15, -0.1) is 11.3 Å². The van der Waals surface area contributed by atoms with Crippen molar-refractivity contribution < 1.29 is 14.3 Å². The van der Waals surface area contributed by atoms with Crippen LogP contribution in [-0.4, -0.2) is 26.7 Å². The number of rotatable bonds is 7. The molecule has 3 aromatic carbocycles. The zero-order valence-electron chi connectivity index (χ0n) is 17.9. The zero-order chi connectivity index (χ0) is 21.8. The summed E-state index contributed by atoms with van der Waals surface area (Å²) in [4.78, 5) is 12.9. The summed E-state index contributed by atoms with van der Waals surface area (Å²) in [5, 5.41) is 6.30. The van der Waals surface area contributed by atoms with Gasteiger partial charge in [0.25, 0.3) is 5.91 Å². The third kappa shape index (κ3) is 4.57. The Kier molecular flexibility index (Phi) is 6.23. The lowest BCUT2D eigenvalue weighted by Gasteiger charge is -2.11. The number of hydrogen-bond donors (Lipinski definition) is 1. The highest BCUT2D eigenvalue weighted by molar-refractivity contribution is 7.17. The lowest BCUT2D eigenvalue weighted by atomic mass is 9.98. The highest BCUT2D eigenvalue weighted by Crippen LogP contribution is 2.33. The van der Waals surface area contributed by atoms with Gasteiger partial charge in [0.05, 0.1) is 14.2 Å². The van der Waals surface area contributed by atoms with E-state index in [0.717, 1.165) is 21.4 Å². The molecule has 0 unspecified atom stereocenters. The van der Waals surface area contributed by atoms with E-state index < -0.39 is 0 Å². The van der Waals surface area contributed by atoms with E-state index in [2.05, 4.69) is 48.0 Å². The van der Waals surface area contributed by atoms with Crippen molar-refractivity contribution in [1.82, 2.24) is 5.32 Å². The number of methoxy groups -OCH3 is 2. The first-order chi connectivity index (χ1) is 15.1. The summed E-state index contributed by atoms with van der Waals surface area (Å²) in [6.45, 7) is 2.61. The topological polar surface area (TPSA) is 47.6 Å². The van der Waals surface area contributed by atoms with E-state index in [1.54, 1.807) is 25.6 Å². The van der Waals surface area contributed by atoms with Gasteiger partial charge in [-0.05, 0) is 65.7 Å². The second kappa shape index (κ2) is 9.23. The van der Waals surface area contributed by atoms with E-state index in [9.17, 15) is 4.79 Å². The minimum atomic E-state index is -0.0656. The zero-order valence-corrected chi connectivity index (χ0v) is 18.7. The fourth-order valence-electron chi connectivity index (χ4n) is 3.63. The normalized spacial score (nSPS) is 10.8. The number of aryl methyl sites for hydroxylation is 1. The van der Waals surface area contributed by atoms with Crippen molar-refractivity contribution in [3.63, 3.8) is 0 Å². The van der Waals surface area contributed by atoms with E-state index in [-0.39, 0.29) is 5.91 Å². The van der Waals surface area contributed by atoms with E-state index in [1.807, 2.05) is 30.3 Å². The van der Waals surface area contributed by atoms with E-state index in [1.165, 1.54) is 10.9 Å². The quantitative estimate of drug-likeness (QED) is 0.398. The highest BCUT2D eigenvalue weighted by atomic mass is 32.1. The number of thiophene rings is 1. The largest absolute Gasteiger partial charge is 0.493 e. The van der Waals surface area contributed by atoms with Crippen LogP contribution in [0.4, 0.5) is 0 Å². The van der Waals surface area contributed by atoms with Gasteiger partial charge >= 0.3 is 0 Å². The number of amides is 1. The maximum Gasteiger partial charge on any atom is 0.251 e. The summed E-state index contributed by atoms with van der Waals surface area (Å²) in [6, 6.07) is 20.3. The van der Waals surface area contributed by atoms with Gasteiger partial charge in [0.1, 0.15) is 0 Å². The molecule has 0 aliphatic heterocycles. The van der Waals surface area contributed by atoms with Crippen molar-refractivity contribution in [2.24, 2.45) is 0 Å². The first-order valence-corrected chi connectivity index (χ1v) is 11.0. The molecule has 0 saturated carbocycles. The molecule has 4 nitrogen and oxygen atoms in total. The van der Waals surface area contributed by atoms with E-state index >= 15 is 0 Å². The Balaban J connectivity index is 1.51. The van der Waals surface area contributed by atoms with Gasteiger partial charge in [-0.3, -0.25) is 4.79 Å². The van der Waals surface area contributed by atoms with E-state index in [4.69, 9.17) is 9.47 Å². The van der Waals surface area contributed by atoms with Crippen LogP contribution >= 0.6 is 11.3 Å². The summed E-state index contributed by atoms with van der Waals surface area (Å²) >= 11 is 1.65. The van der Waals surface area contributed by atoms with Gasteiger partial charge < -0.3 is 14.8 Å². The van der Waals surface area contributed by atoms with Crippen molar-refractivity contribution in [1.29, 1.82) is 0 Å². The van der Waals surface area contributed by atoms with Gasteiger partial charge in [-0.2, -0.15) is 0 Å². The molecule has 31 heavy (non-hydrogen) atoms. The number of ether oxygens (including phenoxy) is 2. The first-order valence-electron chi connectivity index (χ1n) is 10.2. The molecule has 4 rings (SSSR count). The minimum Gasteiger partial charge on any atom is -0.493 e. The molecule has 0 aliphatic carbocycles. The first kappa shape index (κ1) is 20.9. The number of fused-ring (bicyclic) bond motifs is 1. The van der Waals surface area contributed by atoms with Crippen LogP contribution in [0.5, 0.6) is 11.5 Å². The van der Waals surface area contributed by atoms with E-state index in [0.29, 0.717) is 30.0 Å². The molecule has 0 atom stereocenters. The number of nitrogens with one attached hydrogen (secondary N) is 1. The molecule has 1 heterocycles. The Morgan fingerprint density at radius 1 is 0.935 bits per heavy atom. The Morgan fingerprint density at radius 2 is 1.71 bits per heavy atom. The molecule has 1 amide bonds. The third-order valence-electron chi connectivity index (χ3n) is 5.34. The van der Waals surface area contributed by atoms with Crippen molar-refractivity contribution in [2.75, 3.05) is 20.8 Å². The van der Waals surface area contributed by atoms with Gasteiger partial charge in [0.2, 0.25) is 0 Å². The Bertz CT molecular complexity index is 1210. The van der Waals surface area contributed by atoms with Crippen LogP contribution in [0, 0.1) is 6.92 Å².